The van der Waals surface area contributed by atoms with Gasteiger partial charge >= 0.3 is 0 Å². The Morgan fingerprint density at radius 2 is 0.585 bits per heavy atom. The fourth-order valence-corrected chi connectivity index (χ4v) is 5.26. The van der Waals surface area contributed by atoms with Crippen molar-refractivity contribution in [2.75, 3.05) is 0 Å². The molecule has 7 aromatic rings. The zero-order valence-electron chi connectivity index (χ0n) is 20.7. The van der Waals surface area contributed by atoms with E-state index in [1.807, 2.05) is 24.3 Å². The first kappa shape index (κ1) is 23.4. The van der Waals surface area contributed by atoms with Crippen LogP contribution in [0.4, 0.5) is 0 Å². The number of aromatic nitrogens is 12. The molecule has 8 bridgehead atoms. The number of hydrogen-bond donors (Lipinski definition) is 2. The van der Waals surface area contributed by atoms with Crippen LogP contribution in [0.5, 0.6) is 0 Å². The van der Waals surface area contributed by atoms with Gasteiger partial charge in [-0.15, -0.1) is 0 Å². The maximum absolute atomic E-state index is 4.93. The van der Waals surface area contributed by atoms with Crippen molar-refractivity contribution in [2.45, 2.75) is 0 Å². The second-order valence-corrected chi connectivity index (χ2v) is 9.26. The average Bonchev–Trinajstić information content (AvgIpc) is 3.73. The van der Waals surface area contributed by atoms with E-state index in [1.54, 1.807) is 49.6 Å². The molecule has 2 aliphatic rings. The predicted octanol–water partition coefficient (Wildman–Crippen LogP) is 4.45. The Morgan fingerprint density at radius 1 is 0.341 bits per heavy atom. The minimum Gasteiger partial charge on any atom is -0.352 e. The number of aromatic amines is 2. The van der Waals surface area contributed by atoms with Gasteiger partial charge in [0.05, 0.1) is 44.8 Å². The van der Waals surface area contributed by atoms with Gasteiger partial charge in [-0.05, 0) is 24.3 Å². The minimum absolute atomic E-state index is 0. The fraction of sp³-hybridized carbons (Fsp3) is 0. The van der Waals surface area contributed by atoms with Crippen LogP contribution in [0, 0.1) is 0 Å². The number of rotatable bonds is 0. The summed E-state index contributed by atoms with van der Waals surface area (Å²) < 4.78 is 0. The van der Waals surface area contributed by atoms with Crippen molar-refractivity contribution in [3.05, 3.63) is 73.8 Å². The molecule has 0 saturated carbocycles. The van der Waals surface area contributed by atoms with Crippen molar-refractivity contribution < 1.29 is 16.8 Å². The topological polar surface area (TPSA) is 160 Å². The number of hydrogen-bond acceptors (Lipinski definition) is 10. The van der Waals surface area contributed by atoms with E-state index in [4.69, 9.17) is 9.97 Å². The summed E-state index contributed by atoms with van der Waals surface area (Å²) in [5.74, 6) is 0. The minimum atomic E-state index is 0. The van der Waals surface area contributed by atoms with Gasteiger partial charge in [-0.25, -0.2) is 9.97 Å². The summed E-state index contributed by atoms with van der Waals surface area (Å²) in [6.07, 6.45) is 13.3. The molecule has 13 heteroatoms. The van der Waals surface area contributed by atoms with E-state index in [1.165, 1.54) is 0 Å². The quantitative estimate of drug-likeness (QED) is 0.264. The molecule has 0 aliphatic carbocycles. The molecular weight excluding hydrogens is 563 g/mol. The summed E-state index contributed by atoms with van der Waals surface area (Å²) in [6.45, 7) is 0. The maximum atomic E-state index is 4.93. The molecule has 12 nitrogen and oxygen atoms in total. The molecule has 0 saturated heterocycles. The van der Waals surface area contributed by atoms with Gasteiger partial charge in [-0.1, -0.05) is 0 Å². The molecule has 9 rings (SSSR count). The third-order valence-corrected chi connectivity index (χ3v) is 6.93. The van der Waals surface area contributed by atoms with Crippen molar-refractivity contribution in [3.63, 3.8) is 0 Å². The first-order valence-electron chi connectivity index (χ1n) is 12.4. The smallest absolute Gasteiger partial charge is 0.117 e. The Bertz CT molecular complexity index is 2040. The Balaban J connectivity index is 0.00000256. The molecule has 1 radical (unpaired) electrons. The molecule has 2 aliphatic heterocycles. The summed E-state index contributed by atoms with van der Waals surface area (Å²) in [5, 5.41) is 0. The van der Waals surface area contributed by atoms with E-state index in [-0.39, 0.29) is 16.8 Å². The first-order chi connectivity index (χ1) is 19.8. The largest absolute Gasteiger partial charge is 0.352 e. The molecule has 2 N–H and O–H groups in total. The van der Waals surface area contributed by atoms with Gasteiger partial charge in [0.2, 0.25) is 0 Å². The van der Waals surface area contributed by atoms with Crippen LogP contribution in [0.3, 0.4) is 0 Å². The summed E-state index contributed by atoms with van der Waals surface area (Å²) in [4.78, 5) is 53.6. The average molecular weight is 577 g/mol. The molecule has 7 aromatic heterocycles. The van der Waals surface area contributed by atoms with E-state index in [0.717, 1.165) is 22.1 Å². The van der Waals surface area contributed by atoms with Gasteiger partial charge in [0.25, 0.3) is 0 Å². The number of nitrogens with one attached hydrogen (secondary N) is 2. The van der Waals surface area contributed by atoms with Crippen molar-refractivity contribution in [3.8, 4) is 45.6 Å². The third-order valence-electron chi connectivity index (χ3n) is 6.93. The van der Waals surface area contributed by atoms with E-state index < -0.39 is 0 Å². The molecule has 0 amide bonds. The molecule has 41 heavy (non-hydrogen) atoms. The normalized spacial score (nSPS) is 11.7. The molecule has 0 aromatic carbocycles. The molecule has 195 valence electrons. The Hall–Kier alpha value is -5.53. The standard InChI is InChI=1S/C28H14N12.Co/c1-2-30-22-14-10-16-24-26(34-6-5-32-24)18(39-16)12-20-28-27(35-7-8-36-28)19(40-20)11-17-25-23(31-3-4-33-25)15(38-17)9-13(37-14)21(22)29-1;/h1-12,37,40H;. The van der Waals surface area contributed by atoms with Gasteiger partial charge < -0.3 is 9.97 Å². The van der Waals surface area contributed by atoms with Gasteiger partial charge in [0.1, 0.15) is 44.8 Å². The van der Waals surface area contributed by atoms with E-state index in [2.05, 4.69) is 49.8 Å². The molecule has 0 atom stereocenters. The molecule has 0 fully saturated rings. The van der Waals surface area contributed by atoms with Gasteiger partial charge in [0.15, 0.2) is 0 Å². The molecule has 0 unspecified atom stereocenters. The fourth-order valence-electron chi connectivity index (χ4n) is 5.26. The van der Waals surface area contributed by atoms with Crippen molar-refractivity contribution in [2.24, 2.45) is 0 Å². The summed E-state index contributed by atoms with van der Waals surface area (Å²) in [5.41, 5.74) is 11.1. The van der Waals surface area contributed by atoms with Gasteiger partial charge in [-0.2, -0.15) is 0 Å². The molecular formula is C28H14CoN12. The second kappa shape index (κ2) is 8.74. The van der Waals surface area contributed by atoms with Crippen LogP contribution in [0.2, 0.25) is 0 Å². The van der Waals surface area contributed by atoms with Crippen LogP contribution in [-0.4, -0.2) is 59.8 Å². The third kappa shape index (κ3) is 3.46. The van der Waals surface area contributed by atoms with Crippen molar-refractivity contribution in [1.82, 2.24) is 59.8 Å². The number of fused-ring (bicyclic) bond motifs is 20. The second-order valence-electron chi connectivity index (χ2n) is 9.26. The Labute approximate surface area is 239 Å². The number of nitrogens with zero attached hydrogens (tertiary/aromatic N) is 10. The van der Waals surface area contributed by atoms with Gasteiger partial charge in [0, 0.05) is 66.4 Å². The van der Waals surface area contributed by atoms with Gasteiger partial charge in [-0.3, -0.25) is 39.9 Å². The summed E-state index contributed by atoms with van der Waals surface area (Å²) in [6, 6.07) is 7.68. The first-order valence-corrected chi connectivity index (χ1v) is 12.4. The van der Waals surface area contributed by atoms with Crippen molar-refractivity contribution >= 4 is 44.1 Å². The van der Waals surface area contributed by atoms with Crippen LogP contribution in [0.15, 0.2) is 73.8 Å². The van der Waals surface area contributed by atoms with E-state index in [9.17, 15) is 0 Å². The zero-order chi connectivity index (χ0) is 26.2. The maximum Gasteiger partial charge on any atom is 0.117 e. The van der Waals surface area contributed by atoms with Crippen LogP contribution >= 0.6 is 0 Å². The molecule has 0 spiro atoms. The Morgan fingerprint density at radius 3 is 0.854 bits per heavy atom. The SMILES string of the molecule is [Co].c1cnc2c(n1)-c1cc3[nH]c(cc4nc(cc5[nH]c(cc-2n1)c1nccnc51)-c1nccnc1-4)c1nccnc31. The van der Waals surface area contributed by atoms with Crippen LogP contribution in [0.25, 0.3) is 89.7 Å². The van der Waals surface area contributed by atoms with Crippen LogP contribution < -0.4 is 0 Å². The molecule has 9 heterocycles. The van der Waals surface area contributed by atoms with Crippen LogP contribution in [-0.2, 0) is 16.8 Å². The zero-order valence-corrected chi connectivity index (χ0v) is 21.8. The Kier molecular flexibility index (Phi) is 4.98. The summed E-state index contributed by atoms with van der Waals surface area (Å²) in [7, 11) is 0. The summed E-state index contributed by atoms with van der Waals surface area (Å²) >= 11 is 0. The van der Waals surface area contributed by atoms with Crippen LogP contribution in [0.1, 0.15) is 0 Å². The van der Waals surface area contributed by atoms with E-state index >= 15 is 0 Å². The predicted molar refractivity (Wildman–Crippen MR) is 147 cm³/mol. The monoisotopic (exact) mass is 577 g/mol. The van der Waals surface area contributed by atoms with E-state index in [0.29, 0.717) is 67.6 Å². The van der Waals surface area contributed by atoms with Crippen molar-refractivity contribution in [1.29, 1.82) is 0 Å². The number of H-pyrrole nitrogens is 2.